The lowest BCUT2D eigenvalue weighted by Gasteiger charge is -2.15. The van der Waals surface area contributed by atoms with Crippen molar-refractivity contribution < 1.29 is 0 Å². The van der Waals surface area contributed by atoms with Crippen molar-refractivity contribution in [3.05, 3.63) is 187 Å². The average Bonchev–Trinajstić information content (AvgIpc) is 3.89. The van der Waals surface area contributed by atoms with E-state index in [2.05, 4.69) is 153 Å². The van der Waals surface area contributed by atoms with Crippen LogP contribution in [-0.2, 0) is 0 Å². The molecule has 11 aromatic rings. The molecular formula is C50H29N5. The molecule has 254 valence electrons. The highest BCUT2D eigenvalue weighted by Gasteiger charge is 2.21. The Morgan fingerprint density at radius 1 is 0.364 bits per heavy atom. The molecule has 0 saturated carbocycles. The topological polar surface area (TPSA) is 62.4 Å². The fraction of sp³-hybridized carbons (Fsp3) is 0. The Morgan fingerprint density at radius 2 is 0.891 bits per heavy atom. The van der Waals surface area contributed by atoms with Crippen LogP contribution in [0.15, 0.2) is 176 Å². The first kappa shape index (κ1) is 30.7. The second-order valence-corrected chi connectivity index (χ2v) is 14.0. The monoisotopic (exact) mass is 699 g/mol. The van der Waals surface area contributed by atoms with Crippen LogP contribution >= 0.6 is 0 Å². The maximum Gasteiger partial charge on any atom is 0.102 e. The predicted molar refractivity (Wildman–Crippen MR) is 224 cm³/mol. The number of rotatable bonds is 4. The first-order valence-electron chi connectivity index (χ1n) is 18.3. The predicted octanol–water partition coefficient (Wildman–Crippen LogP) is 12.4. The summed E-state index contributed by atoms with van der Waals surface area (Å²) in [5.74, 6) is 0. The van der Waals surface area contributed by atoms with E-state index in [-0.39, 0.29) is 0 Å². The second-order valence-electron chi connectivity index (χ2n) is 14.0. The number of hydrogen-bond acceptors (Lipinski definition) is 2. The lowest BCUT2D eigenvalue weighted by molar-refractivity contribution is 1.16. The van der Waals surface area contributed by atoms with Gasteiger partial charge in [-0.15, -0.1) is 0 Å². The summed E-state index contributed by atoms with van der Waals surface area (Å²) in [4.78, 5) is 0. The second kappa shape index (κ2) is 11.8. The van der Waals surface area contributed by atoms with E-state index in [0.29, 0.717) is 11.1 Å². The van der Waals surface area contributed by atoms with Crippen molar-refractivity contribution in [3.63, 3.8) is 0 Å². The molecule has 0 atom stereocenters. The molecule has 5 heteroatoms. The van der Waals surface area contributed by atoms with Gasteiger partial charge in [0, 0.05) is 43.6 Å². The van der Waals surface area contributed by atoms with E-state index in [1.54, 1.807) is 0 Å². The summed E-state index contributed by atoms with van der Waals surface area (Å²) in [5.41, 5.74) is 12.3. The van der Waals surface area contributed by atoms with E-state index in [0.717, 1.165) is 61.0 Å². The molecule has 5 nitrogen and oxygen atoms in total. The Hall–Kier alpha value is -7.86. The van der Waals surface area contributed by atoms with Crippen molar-refractivity contribution in [3.8, 4) is 40.3 Å². The number of fused-ring (bicyclic) bond motifs is 9. The minimum Gasteiger partial charge on any atom is -0.309 e. The Kier molecular flexibility index (Phi) is 6.61. The number of nitrogens with zero attached hydrogens (tertiary/aromatic N) is 5. The third-order valence-electron chi connectivity index (χ3n) is 11.1. The van der Waals surface area contributed by atoms with Crippen LogP contribution in [0.1, 0.15) is 11.1 Å². The van der Waals surface area contributed by atoms with Crippen molar-refractivity contribution in [1.82, 2.24) is 13.7 Å². The molecule has 55 heavy (non-hydrogen) atoms. The molecule has 0 unspecified atom stereocenters. The van der Waals surface area contributed by atoms with Gasteiger partial charge in [-0.2, -0.15) is 10.5 Å². The largest absolute Gasteiger partial charge is 0.309 e. The van der Waals surface area contributed by atoms with Crippen LogP contribution in [0.2, 0.25) is 0 Å². The van der Waals surface area contributed by atoms with Gasteiger partial charge in [-0.1, -0.05) is 109 Å². The number of nitriles is 2. The van der Waals surface area contributed by atoms with Crippen LogP contribution in [-0.4, -0.2) is 13.7 Å². The number of aromatic nitrogens is 3. The van der Waals surface area contributed by atoms with Crippen LogP contribution in [0, 0.1) is 22.7 Å². The van der Waals surface area contributed by atoms with Gasteiger partial charge >= 0.3 is 0 Å². The fourth-order valence-electron chi connectivity index (χ4n) is 8.84. The zero-order valence-electron chi connectivity index (χ0n) is 29.5. The highest BCUT2D eigenvalue weighted by molar-refractivity contribution is 6.16. The van der Waals surface area contributed by atoms with Crippen LogP contribution in [0.5, 0.6) is 0 Å². The van der Waals surface area contributed by atoms with E-state index in [4.69, 9.17) is 0 Å². The zero-order valence-corrected chi connectivity index (χ0v) is 29.5. The number of hydrogen-bond donors (Lipinski definition) is 0. The number of benzene rings is 8. The number of para-hydroxylation sites is 4. The van der Waals surface area contributed by atoms with Gasteiger partial charge in [-0.3, -0.25) is 0 Å². The fourth-order valence-corrected chi connectivity index (χ4v) is 8.84. The summed E-state index contributed by atoms with van der Waals surface area (Å²) in [6, 6.07) is 65.9. The van der Waals surface area contributed by atoms with Gasteiger partial charge < -0.3 is 13.7 Å². The summed E-state index contributed by atoms with van der Waals surface area (Å²) in [6.07, 6.45) is 0. The smallest absolute Gasteiger partial charge is 0.102 e. The van der Waals surface area contributed by atoms with Gasteiger partial charge in [0.25, 0.3) is 0 Å². The van der Waals surface area contributed by atoms with Crippen LogP contribution < -0.4 is 0 Å². The van der Waals surface area contributed by atoms with Crippen LogP contribution in [0.4, 0.5) is 0 Å². The quantitative estimate of drug-likeness (QED) is 0.184. The van der Waals surface area contributed by atoms with Crippen molar-refractivity contribution in [2.45, 2.75) is 0 Å². The van der Waals surface area contributed by atoms with Crippen molar-refractivity contribution >= 4 is 65.4 Å². The van der Waals surface area contributed by atoms with Gasteiger partial charge in [0.2, 0.25) is 0 Å². The average molecular weight is 700 g/mol. The first-order chi connectivity index (χ1) is 27.2. The summed E-state index contributed by atoms with van der Waals surface area (Å²) >= 11 is 0. The molecule has 0 saturated heterocycles. The van der Waals surface area contributed by atoms with Crippen molar-refractivity contribution in [2.75, 3.05) is 0 Å². The highest BCUT2D eigenvalue weighted by atomic mass is 15.0. The molecular weight excluding hydrogens is 671 g/mol. The summed E-state index contributed by atoms with van der Waals surface area (Å²) in [6.45, 7) is 0. The van der Waals surface area contributed by atoms with E-state index in [9.17, 15) is 10.5 Å². The molecule has 3 heterocycles. The van der Waals surface area contributed by atoms with Gasteiger partial charge in [0.05, 0.1) is 61.7 Å². The van der Waals surface area contributed by atoms with Crippen molar-refractivity contribution in [2.24, 2.45) is 0 Å². The Balaban J connectivity index is 1.14. The first-order valence-corrected chi connectivity index (χ1v) is 18.3. The van der Waals surface area contributed by atoms with Gasteiger partial charge in [0.1, 0.15) is 6.07 Å². The Bertz CT molecular complexity index is 3420. The standard InChI is InChI=1S/C50H29N5/c51-30-32-26-27-39-38-16-3-7-21-44(38)55(49(39)28-32)46-23-10-18-35(41(46)31-52)33-12-9-13-34(29-33)53-45-22-8-4-17-40(45)50-47(53)24-11-25-48(50)54-42-19-5-1-14-36(42)37-15-2-6-20-43(37)54/h1-29H. The Morgan fingerprint density at radius 3 is 1.55 bits per heavy atom. The lowest BCUT2D eigenvalue weighted by atomic mass is 9.98. The van der Waals surface area contributed by atoms with E-state index < -0.39 is 0 Å². The normalized spacial score (nSPS) is 11.6. The SMILES string of the molecule is N#Cc1ccc2c3ccccc3n(-c3cccc(-c4cccc(-n5c6ccccc6c6c(-n7c8ccccc8c8ccccc87)cccc65)c4)c3C#N)c2c1. The third kappa shape index (κ3) is 4.39. The molecule has 0 aliphatic rings. The van der Waals surface area contributed by atoms with Gasteiger partial charge in [-0.25, -0.2) is 0 Å². The van der Waals surface area contributed by atoms with E-state index >= 15 is 0 Å². The van der Waals surface area contributed by atoms with E-state index in [1.165, 1.54) is 32.6 Å². The van der Waals surface area contributed by atoms with Crippen molar-refractivity contribution in [1.29, 1.82) is 10.5 Å². The third-order valence-corrected chi connectivity index (χ3v) is 11.1. The molecule has 11 rings (SSSR count). The lowest BCUT2D eigenvalue weighted by Crippen LogP contribution is -2.00. The molecule has 0 N–H and O–H groups in total. The molecule has 0 aliphatic heterocycles. The Labute approximate surface area is 316 Å². The summed E-state index contributed by atoms with van der Waals surface area (Å²) < 4.78 is 6.87. The van der Waals surface area contributed by atoms with Gasteiger partial charge in [0.15, 0.2) is 0 Å². The summed E-state index contributed by atoms with van der Waals surface area (Å²) in [7, 11) is 0. The molecule has 0 amide bonds. The molecule has 0 fully saturated rings. The molecule has 0 radical (unpaired) electrons. The van der Waals surface area contributed by atoms with Crippen LogP contribution in [0.3, 0.4) is 0 Å². The summed E-state index contributed by atoms with van der Waals surface area (Å²) in [5, 5.41) is 27.6. The molecule has 8 aromatic carbocycles. The highest BCUT2D eigenvalue weighted by Crippen LogP contribution is 2.41. The molecule has 0 spiro atoms. The van der Waals surface area contributed by atoms with E-state index in [1.807, 2.05) is 48.5 Å². The molecule has 0 aliphatic carbocycles. The maximum absolute atomic E-state index is 10.9. The minimum absolute atomic E-state index is 0.570. The zero-order chi connectivity index (χ0) is 36.6. The maximum atomic E-state index is 10.9. The molecule has 3 aromatic heterocycles. The van der Waals surface area contributed by atoms with Crippen LogP contribution in [0.25, 0.3) is 93.6 Å². The minimum atomic E-state index is 0.570. The molecule has 0 bridgehead atoms. The van der Waals surface area contributed by atoms with Gasteiger partial charge in [-0.05, 0) is 72.3 Å².